The highest BCUT2D eigenvalue weighted by molar-refractivity contribution is 6.62. The average molecular weight is 461 g/mol. The normalized spacial score (nSPS) is 29.5. The molecule has 2 heterocycles. The Kier molecular flexibility index (Phi) is 4.97. The molecule has 1 aliphatic carbocycles. The number of benzene rings is 2. The quantitative estimate of drug-likeness (QED) is 0.556. The molecule has 0 aromatic heterocycles. The minimum Gasteiger partial charge on any atom is -0.399 e. The standard InChI is InChI=1S/C27H32BNO5/c1-17(2)27(32)15-26(16-27,29-22(30)20-9-7-8-10-21(20)23(29)31)18-11-13-19(14-12-18)28-33-24(3,4)25(5,6)34-28/h7-14,17,32H,15-16H2,1-6H3. The second-order valence-corrected chi connectivity index (χ2v) is 11.3. The van der Waals surface area contributed by atoms with Gasteiger partial charge < -0.3 is 14.4 Å². The summed E-state index contributed by atoms with van der Waals surface area (Å²) in [6.45, 7) is 12.0. The van der Waals surface area contributed by atoms with E-state index in [2.05, 4.69) is 0 Å². The summed E-state index contributed by atoms with van der Waals surface area (Å²) in [7, 11) is -0.497. The molecule has 0 unspecified atom stereocenters. The first kappa shape index (κ1) is 23.3. The van der Waals surface area contributed by atoms with E-state index < -0.39 is 29.5 Å². The Labute approximate surface area is 201 Å². The Balaban J connectivity index is 1.51. The molecule has 1 saturated carbocycles. The summed E-state index contributed by atoms with van der Waals surface area (Å²) in [5.41, 5.74) is -0.202. The molecule has 2 amide bonds. The van der Waals surface area contributed by atoms with Crippen LogP contribution >= 0.6 is 0 Å². The maximum Gasteiger partial charge on any atom is 0.494 e. The van der Waals surface area contributed by atoms with Crippen LogP contribution in [0.4, 0.5) is 0 Å². The molecule has 2 aromatic carbocycles. The van der Waals surface area contributed by atoms with Crippen LogP contribution in [0.1, 0.15) is 80.7 Å². The van der Waals surface area contributed by atoms with E-state index in [1.54, 1.807) is 24.3 Å². The monoisotopic (exact) mass is 461 g/mol. The smallest absolute Gasteiger partial charge is 0.399 e. The van der Waals surface area contributed by atoms with Crippen molar-refractivity contribution in [1.82, 2.24) is 4.90 Å². The first-order valence-corrected chi connectivity index (χ1v) is 12.0. The summed E-state index contributed by atoms with van der Waals surface area (Å²) in [6, 6.07) is 14.7. The Morgan fingerprint density at radius 1 is 0.853 bits per heavy atom. The molecule has 2 aliphatic heterocycles. The summed E-state index contributed by atoms with van der Waals surface area (Å²) in [4.78, 5) is 28.2. The van der Waals surface area contributed by atoms with Gasteiger partial charge in [-0.2, -0.15) is 0 Å². The van der Waals surface area contributed by atoms with Gasteiger partial charge in [-0.3, -0.25) is 14.5 Å². The topological polar surface area (TPSA) is 76.1 Å². The van der Waals surface area contributed by atoms with E-state index in [-0.39, 0.29) is 17.7 Å². The van der Waals surface area contributed by atoms with Gasteiger partial charge in [0.1, 0.15) is 0 Å². The van der Waals surface area contributed by atoms with Crippen molar-refractivity contribution in [3.8, 4) is 0 Å². The van der Waals surface area contributed by atoms with Gasteiger partial charge in [0.05, 0.1) is 33.5 Å². The van der Waals surface area contributed by atoms with E-state index in [1.165, 1.54) is 4.90 Å². The van der Waals surface area contributed by atoms with E-state index in [9.17, 15) is 14.7 Å². The van der Waals surface area contributed by atoms with E-state index in [4.69, 9.17) is 9.31 Å². The summed E-state index contributed by atoms with van der Waals surface area (Å²) >= 11 is 0. The number of fused-ring (bicyclic) bond motifs is 1. The molecule has 3 aliphatic rings. The number of carbonyl (C=O) groups is 2. The number of rotatable bonds is 4. The summed E-state index contributed by atoms with van der Waals surface area (Å²) < 4.78 is 12.4. The molecule has 0 bridgehead atoms. The fourth-order valence-electron chi connectivity index (χ4n) is 5.37. The molecule has 5 rings (SSSR count). The molecule has 6 nitrogen and oxygen atoms in total. The zero-order valence-electron chi connectivity index (χ0n) is 20.7. The lowest BCUT2D eigenvalue weighted by atomic mass is 9.57. The van der Waals surface area contributed by atoms with Crippen molar-refractivity contribution in [3.05, 3.63) is 65.2 Å². The van der Waals surface area contributed by atoms with Crippen LogP contribution in [0.25, 0.3) is 0 Å². The number of amides is 2. The summed E-state index contributed by atoms with van der Waals surface area (Å²) in [5, 5.41) is 11.2. The van der Waals surface area contributed by atoms with Gasteiger partial charge in [0.15, 0.2) is 0 Å². The van der Waals surface area contributed by atoms with Crippen LogP contribution < -0.4 is 5.46 Å². The minimum atomic E-state index is -0.945. The molecule has 7 heteroatoms. The van der Waals surface area contributed by atoms with Gasteiger partial charge in [0, 0.05) is 12.8 Å². The van der Waals surface area contributed by atoms with Crippen molar-refractivity contribution in [2.45, 2.75) is 76.7 Å². The average Bonchev–Trinajstić information content (AvgIpc) is 3.14. The molecular weight excluding hydrogens is 429 g/mol. The highest BCUT2D eigenvalue weighted by Crippen LogP contribution is 2.57. The predicted molar refractivity (Wildman–Crippen MR) is 130 cm³/mol. The van der Waals surface area contributed by atoms with Crippen molar-refractivity contribution in [2.24, 2.45) is 5.92 Å². The number of hydrogen-bond donors (Lipinski definition) is 1. The van der Waals surface area contributed by atoms with Crippen LogP contribution in [0.2, 0.25) is 0 Å². The molecule has 2 aromatic rings. The first-order valence-electron chi connectivity index (χ1n) is 12.0. The zero-order chi connectivity index (χ0) is 24.7. The highest BCUT2D eigenvalue weighted by atomic mass is 16.7. The lowest BCUT2D eigenvalue weighted by molar-refractivity contribution is -0.156. The van der Waals surface area contributed by atoms with Crippen molar-refractivity contribution in [3.63, 3.8) is 0 Å². The molecule has 0 radical (unpaired) electrons. The Hall–Kier alpha value is -2.48. The molecule has 34 heavy (non-hydrogen) atoms. The molecule has 178 valence electrons. The third kappa shape index (κ3) is 3.14. The van der Waals surface area contributed by atoms with Gasteiger partial charge in [-0.1, -0.05) is 50.2 Å². The third-order valence-corrected chi connectivity index (χ3v) is 8.47. The van der Waals surface area contributed by atoms with E-state index in [0.717, 1.165) is 11.0 Å². The number of aliphatic hydroxyl groups is 1. The van der Waals surface area contributed by atoms with Crippen LogP contribution in [0.5, 0.6) is 0 Å². The van der Waals surface area contributed by atoms with Crippen LogP contribution in [-0.2, 0) is 14.8 Å². The SMILES string of the molecule is CC(C)C1(O)CC(c2ccc(B3OC(C)(C)C(C)(C)O3)cc2)(N2C(=O)c3ccccc3C2=O)C1. The fraction of sp³-hybridized carbons (Fsp3) is 0.481. The Morgan fingerprint density at radius 2 is 1.32 bits per heavy atom. The molecule has 1 saturated heterocycles. The fourth-order valence-corrected chi connectivity index (χ4v) is 5.37. The maximum atomic E-state index is 13.4. The van der Waals surface area contributed by atoms with Gasteiger partial charge in [-0.15, -0.1) is 0 Å². The number of carbonyl (C=O) groups excluding carboxylic acids is 2. The maximum absolute atomic E-state index is 13.4. The Bertz CT molecular complexity index is 1110. The first-order chi connectivity index (χ1) is 15.8. The van der Waals surface area contributed by atoms with Gasteiger partial charge in [-0.05, 0) is 56.8 Å². The lowest BCUT2D eigenvalue weighted by Gasteiger charge is -2.58. The van der Waals surface area contributed by atoms with Crippen LogP contribution in [0.15, 0.2) is 48.5 Å². The van der Waals surface area contributed by atoms with Crippen molar-refractivity contribution in [2.75, 3.05) is 0 Å². The molecule has 0 atom stereocenters. The van der Waals surface area contributed by atoms with Crippen LogP contribution in [-0.4, -0.2) is 45.7 Å². The largest absolute Gasteiger partial charge is 0.494 e. The summed E-state index contributed by atoms with van der Waals surface area (Å²) in [6.07, 6.45) is 0.609. The minimum absolute atomic E-state index is 0.000155. The number of imide groups is 1. The second-order valence-electron chi connectivity index (χ2n) is 11.3. The van der Waals surface area contributed by atoms with Crippen molar-refractivity contribution in [1.29, 1.82) is 0 Å². The van der Waals surface area contributed by atoms with Gasteiger partial charge in [-0.25, -0.2) is 0 Å². The Morgan fingerprint density at radius 3 is 1.76 bits per heavy atom. The van der Waals surface area contributed by atoms with Gasteiger partial charge >= 0.3 is 7.12 Å². The number of hydrogen-bond acceptors (Lipinski definition) is 5. The lowest BCUT2D eigenvalue weighted by Crippen LogP contribution is -2.66. The predicted octanol–water partition coefficient (Wildman–Crippen LogP) is 3.66. The van der Waals surface area contributed by atoms with Crippen molar-refractivity contribution >= 4 is 24.4 Å². The van der Waals surface area contributed by atoms with E-state index in [0.29, 0.717) is 24.0 Å². The van der Waals surface area contributed by atoms with E-state index in [1.807, 2.05) is 65.8 Å². The van der Waals surface area contributed by atoms with E-state index >= 15 is 0 Å². The number of nitrogens with zero attached hydrogens (tertiary/aromatic N) is 1. The molecular formula is C27H32BNO5. The third-order valence-electron chi connectivity index (χ3n) is 8.47. The second kappa shape index (κ2) is 7.26. The van der Waals surface area contributed by atoms with Crippen LogP contribution in [0.3, 0.4) is 0 Å². The van der Waals surface area contributed by atoms with Crippen LogP contribution in [0, 0.1) is 5.92 Å². The highest BCUT2D eigenvalue weighted by Gasteiger charge is 2.63. The molecule has 0 spiro atoms. The zero-order valence-corrected chi connectivity index (χ0v) is 20.7. The van der Waals surface area contributed by atoms with Gasteiger partial charge in [0.25, 0.3) is 11.8 Å². The summed E-state index contributed by atoms with van der Waals surface area (Å²) in [5.74, 6) is -0.609. The van der Waals surface area contributed by atoms with Crippen molar-refractivity contribution < 1.29 is 24.0 Å². The van der Waals surface area contributed by atoms with Gasteiger partial charge in [0.2, 0.25) is 0 Å². The molecule has 2 fully saturated rings. The molecule has 1 N–H and O–H groups in total.